The van der Waals surface area contributed by atoms with Crippen molar-refractivity contribution in [2.45, 2.75) is 13.3 Å². The molecule has 10 heteroatoms. The smallest absolute Gasteiger partial charge is 0.295 e. The van der Waals surface area contributed by atoms with Crippen LogP contribution in [0.25, 0.3) is 16.4 Å². The van der Waals surface area contributed by atoms with Gasteiger partial charge in [-0.3, -0.25) is 10.1 Å². The lowest BCUT2D eigenvalue weighted by atomic mass is 10.1. The van der Waals surface area contributed by atoms with E-state index in [9.17, 15) is 14.5 Å². The Morgan fingerprint density at radius 2 is 2.10 bits per heavy atom. The number of aryl methyl sites for hydroxylation is 1. The number of nitro benzene ring substituents is 1. The molecule has 0 saturated carbocycles. The maximum atomic E-state index is 13.6. The number of benzene rings is 1. The number of nitrogens with zero attached hydrogens (tertiary/aromatic N) is 6. The SMILES string of the molecule is Cc1cc(-n2ccc(-c3nccs3)n2)c2c(n1)N(c1ccc(F)cc1[N+](=O)[O-])CC2. The average molecular weight is 422 g/mol. The molecule has 1 aliphatic heterocycles. The molecule has 0 spiro atoms. The van der Waals surface area contributed by atoms with Crippen LogP contribution in [-0.2, 0) is 6.42 Å². The highest BCUT2D eigenvalue weighted by atomic mass is 32.1. The van der Waals surface area contributed by atoms with Gasteiger partial charge in [0.15, 0.2) is 0 Å². The van der Waals surface area contributed by atoms with Crippen molar-refractivity contribution in [2.24, 2.45) is 0 Å². The van der Waals surface area contributed by atoms with E-state index in [4.69, 9.17) is 0 Å². The van der Waals surface area contributed by atoms with Crippen LogP contribution in [-0.4, -0.2) is 31.2 Å². The van der Waals surface area contributed by atoms with Crippen LogP contribution in [0.2, 0.25) is 0 Å². The summed E-state index contributed by atoms with van der Waals surface area (Å²) in [6.45, 7) is 2.37. The Kier molecular flexibility index (Phi) is 4.28. The number of hydrogen-bond acceptors (Lipinski definition) is 7. The molecular weight excluding hydrogens is 407 g/mol. The van der Waals surface area contributed by atoms with Crippen LogP contribution in [0.15, 0.2) is 48.1 Å². The van der Waals surface area contributed by atoms with Gasteiger partial charge < -0.3 is 4.90 Å². The van der Waals surface area contributed by atoms with E-state index < -0.39 is 10.7 Å². The van der Waals surface area contributed by atoms with E-state index in [1.54, 1.807) is 15.8 Å². The minimum atomic E-state index is -0.644. The van der Waals surface area contributed by atoms with E-state index in [0.717, 1.165) is 33.7 Å². The van der Waals surface area contributed by atoms with Gasteiger partial charge in [-0.1, -0.05) is 0 Å². The highest BCUT2D eigenvalue weighted by molar-refractivity contribution is 7.13. The number of rotatable bonds is 4. The van der Waals surface area contributed by atoms with Gasteiger partial charge in [-0.2, -0.15) is 5.10 Å². The number of fused-ring (bicyclic) bond motifs is 1. The summed E-state index contributed by atoms with van der Waals surface area (Å²) in [6, 6.07) is 7.45. The van der Waals surface area contributed by atoms with Gasteiger partial charge in [-0.25, -0.2) is 19.0 Å². The van der Waals surface area contributed by atoms with E-state index >= 15 is 0 Å². The van der Waals surface area contributed by atoms with Crippen molar-refractivity contribution >= 4 is 28.5 Å². The Morgan fingerprint density at radius 1 is 1.23 bits per heavy atom. The van der Waals surface area contributed by atoms with E-state index in [0.29, 0.717) is 24.5 Å². The first kappa shape index (κ1) is 18.4. The van der Waals surface area contributed by atoms with Gasteiger partial charge in [0.05, 0.1) is 16.7 Å². The zero-order chi connectivity index (χ0) is 20.8. The van der Waals surface area contributed by atoms with Crippen LogP contribution in [0.5, 0.6) is 0 Å². The highest BCUT2D eigenvalue weighted by Crippen LogP contribution is 2.40. The highest BCUT2D eigenvalue weighted by Gasteiger charge is 2.30. The van der Waals surface area contributed by atoms with Crippen molar-refractivity contribution in [3.05, 3.63) is 75.3 Å². The van der Waals surface area contributed by atoms with Crippen LogP contribution in [0, 0.1) is 22.9 Å². The zero-order valence-electron chi connectivity index (χ0n) is 15.8. The second-order valence-electron chi connectivity index (χ2n) is 6.86. The number of aromatic nitrogens is 4. The van der Waals surface area contributed by atoms with Crippen molar-refractivity contribution in [3.8, 4) is 16.4 Å². The largest absolute Gasteiger partial charge is 0.320 e. The first-order valence-corrected chi connectivity index (χ1v) is 10.1. The second kappa shape index (κ2) is 6.99. The predicted molar refractivity (Wildman–Crippen MR) is 111 cm³/mol. The molecule has 0 atom stereocenters. The molecule has 30 heavy (non-hydrogen) atoms. The number of hydrogen-bond donors (Lipinski definition) is 0. The first-order valence-electron chi connectivity index (χ1n) is 9.19. The molecule has 5 rings (SSSR count). The summed E-state index contributed by atoms with van der Waals surface area (Å²) in [6.07, 6.45) is 4.24. The Labute approximate surface area is 174 Å². The van der Waals surface area contributed by atoms with E-state index in [2.05, 4.69) is 15.1 Å². The minimum absolute atomic E-state index is 0.280. The minimum Gasteiger partial charge on any atom is -0.320 e. The van der Waals surface area contributed by atoms with E-state index in [1.807, 2.05) is 30.6 Å². The second-order valence-corrected chi connectivity index (χ2v) is 7.75. The summed E-state index contributed by atoms with van der Waals surface area (Å²) in [5.41, 5.74) is 3.38. The van der Waals surface area contributed by atoms with Gasteiger partial charge in [-0.05, 0) is 37.6 Å². The summed E-state index contributed by atoms with van der Waals surface area (Å²) in [7, 11) is 0. The number of anilines is 2. The third kappa shape index (κ3) is 3.01. The molecule has 0 amide bonds. The van der Waals surface area contributed by atoms with Crippen molar-refractivity contribution in [1.82, 2.24) is 19.7 Å². The van der Waals surface area contributed by atoms with Crippen LogP contribution >= 0.6 is 11.3 Å². The molecule has 0 saturated heterocycles. The molecule has 8 nitrogen and oxygen atoms in total. The fourth-order valence-corrected chi connectivity index (χ4v) is 4.29. The molecule has 0 N–H and O–H groups in total. The maximum Gasteiger partial charge on any atom is 0.295 e. The van der Waals surface area contributed by atoms with Gasteiger partial charge in [0, 0.05) is 35.6 Å². The molecule has 0 radical (unpaired) electrons. The standard InChI is InChI=1S/C20H15FN6O2S/c1-12-10-17(26-8-5-15(24-26)20-22-6-9-30-20)14-4-7-25(19(14)23-12)16-3-2-13(21)11-18(16)27(28)29/h2-3,5-6,8-11H,4,7H2,1H3. The molecule has 0 bridgehead atoms. The summed E-state index contributed by atoms with van der Waals surface area (Å²) in [5, 5.41) is 18.9. The average Bonchev–Trinajstić information content (AvgIpc) is 3.47. The topological polar surface area (TPSA) is 90.0 Å². The van der Waals surface area contributed by atoms with Crippen LogP contribution < -0.4 is 4.90 Å². The first-order chi connectivity index (χ1) is 14.5. The normalized spacial score (nSPS) is 12.9. The number of thiazole rings is 1. The fourth-order valence-electron chi connectivity index (χ4n) is 3.69. The van der Waals surface area contributed by atoms with Gasteiger partial charge in [0.1, 0.15) is 28.0 Å². The lowest BCUT2D eigenvalue weighted by Crippen LogP contribution is -2.16. The Bertz CT molecular complexity index is 1270. The van der Waals surface area contributed by atoms with Crippen LogP contribution in [0.3, 0.4) is 0 Å². The maximum absolute atomic E-state index is 13.6. The van der Waals surface area contributed by atoms with Crippen LogP contribution in [0.1, 0.15) is 11.3 Å². The predicted octanol–water partition coefficient (Wildman–Crippen LogP) is 4.44. The Balaban J connectivity index is 1.61. The monoisotopic (exact) mass is 422 g/mol. The van der Waals surface area contributed by atoms with E-state index in [1.165, 1.54) is 23.5 Å². The molecular formula is C20H15FN6O2S. The van der Waals surface area contributed by atoms with Crippen molar-refractivity contribution in [1.29, 1.82) is 0 Å². The summed E-state index contributed by atoms with van der Waals surface area (Å²) >= 11 is 1.51. The fraction of sp³-hybridized carbons (Fsp3) is 0.150. The Hall–Kier alpha value is -3.66. The summed E-state index contributed by atoms with van der Waals surface area (Å²) < 4.78 is 15.4. The number of pyridine rings is 1. The number of nitro groups is 1. The summed E-state index contributed by atoms with van der Waals surface area (Å²) in [5.74, 6) is -0.0139. The third-order valence-electron chi connectivity index (χ3n) is 4.96. The van der Waals surface area contributed by atoms with Crippen LogP contribution in [0.4, 0.5) is 21.6 Å². The molecule has 1 aromatic carbocycles. The molecule has 4 heterocycles. The van der Waals surface area contributed by atoms with Crippen molar-refractivity contribution < 1.29 is 9.31 Å². The van der Waals surface area contributed by atoms with E-state index in [-0.39, 0.29) is 5.69 Å². The zero-order valence-corrected chi connectivity index (χ0v) is 16.6. The molecule has 150 valence electrons. The molecule has 3 aromatic heterocycles. The summed E-state index contributed by atoms with van der Waals surface area (Å²) in [4.78, 5) is 21.6. The molecule has 0 aliphatic carbocycles. The quantitative estimate of drug-likeness (QED) is 0.357. The molecule has 0 unspecified atom stereocenters. The van der Waals surface area contributed by atoms with Gasteiger partial charge in [-0.15, -0.1) is 11.3 Å². The molecule has 4 aromatic rings. The van der Waals surface area contributed by atoms with Gasteiger partial charge in [0.2, 0.25) is 0 Å². The molecule has 1 aliphatic rings. The lowest BCUT2D eigenvalue weighted by molar-refractivity contribution is -0.384. The molecule has 0 fully saturated rings. The Morgan fingerprint density at radius 3 is 2.87 bits per heavy atom. The van der Waals surface area contributed by atoms with Gasteiger partial charge in [0.25, 0.3) is 5.69 Å². The van der Waals surface area contributed by atoms with Crippen molar-refractivity contribution in [3.63, 3.8) is 0 Å². The van der Waals surface area contributed by atoms with Crippen molar-refractivity contribution in [2.75, 3.05) is 11.4 Å². The number of halogens is 1. The lowest BCUT2D eigenvalue weighted by Gasteiger charge is -2.19. The van der Waals surface area contributed by atoms with Gasteiger partial charge >= 0.3 is 0 Å². The third-order valence-corrected chi connectivity index (χ3v) is 5.76.